The molecule has 3 heteroatoms. The molecule has 0 aromatic rings. The standard InChI is InChI=1S/C16H29BrN2/c17-13-16(7-2-1-3-8-16)14-18-11-6-15(12-18)19-9-4-5-10-19/h15H,1-14H2. The van der Waals surface area contributed by atoms with Crippen LogP contribution in [-0.4, -0.2) is 53.9 Å². The maximum atomic E-state index is 3.82. The molecule has 3 aliphatic rings. The molecule has 1 atom stereocenters. The maximum Gasteiger partial charge on any atom is 0.0235 e. The van der Waals surface area contributed by atoms with Crippen molar-refractivity contribution >= 4 is 15.9 Å². The lowest BCUT2D eigenvalue weighted by molar-refractivity contribution is 0.136. The number of hydrogen-bond acceptors (Lipinski definition) is 2. The summed E-state index contributed by atoms with van der Waals surface area (Å²) >= 11 is 3.82. The summed E-state index contributed by atoms with van der Waals surface area (Å²) in [6, 6.07) is 0.874. The predicted octanol–water partition coefficient (Wildman–Crippen LogP) is 3.50. The van der Waals surface area contributed by atoms with Crippen LogP contribution in [0.5, 0.6) is 0 Å². The van der Waals surface area contributed by atoms with Gasteiger partial charge >= 0.3 is 0 Å². The molecule has 0 radical (unpaired) electrons. The summed E-state index contributed by atoms with van der Waals surface area (Å²) in [4.78, 5) is 5.53. The van der Waals surface area contributed by atoms with Crippen molar-refractivity contribution in [3.05, 3.63) is 0 Å². The highest BCUT2D eigenvalue weighted by Gasteiger charge is 2.36. The second-order valence-electron chi connectivity index (χ2n) is 7.11. The van der Waals surface area contributed by atoms with E-state index in [1.165, 1.54) is 89.4 Å². The van der Waals surface area contributed by atoms with E-state index in [2.05, 4.69) is 25.7 Å². The van der Waals surface area contributed by atoms with Gasteiger partial charge in [0.05, 0.1) is 0 Å². The lowest BCUT2D eigenvalue weighted by Gasteiger charge is -2.39. The van der Waals surface area contributed by atoms with Gasteiger partial charge in [-0.3, -0.25) is 4.90 Å². The van der Waals surface area contributed by atoms with Crippen molar-refractivity contribution in [2.24, 2.45) is 5.41 Å². The van der Waals surface area contributed by atoms with Crippen molar-refractivity contribution in [3.8, 4) is 0 Å². The third-order valence-electron chi connectivity index (χ3n) is 5.66. The van der Waals surface area contributed by atoms with Crippen molar-refractivity contribution in [2.45, 2.75) is 57.4 Å². The van der Waals surface area contributed by atoms with Crippen LogP contribution >= 0.6 is 15.9 Å². The molecule has 3 rings (SSSR count). The molecule has 3 fully saturated rings. The summed E-state index contributed by atoms with van der Waals surface area (Å²) in [5.41, 5.74) is 0.595. The lowest BCUT2D eigenvalue weighted by atomic mass is 9.75. The van der Waals surface area contributed by atoms with E-state index in [-0.39, 0.29) is 0 Å². The van der Waals surface area contributed by atoms with Gasteiger partial charge in [-0.2, -0.15) is 0 Å². The largest absolute Gasteiger partial charge is 0.301 e. The molecule has 110 valence electrons. The number of nitrogens with zero attached hydrogens (tertiary/aromatic N) is 2. The maximum absolute atomic E-state index is 3.82. The number of halogens is 1. The first-order valence-corrected chi connectivity index (χ1v) is 9.46. The van der Waals surface area contributed by atoms with Crippen molar-refractivity contribution in [3.63, 3.8) is 0 Å². The van der Waals surface area contributed by atoms with Crippen LogP contribution in [0, 0.1) is 5.41 Å². The SMILES string of the molecule is BrCC1(CN2CCC(N3CCCC3)C2)CCCCC1. The first kappa shape index (κ1) is 14.3. The van der Waals surface area contributed by atoms with Crippen molar-refractivity contribution in [2.75, 3.05) is 38.1 Å². The zero-order valence-corrected chi connectivity index (χ0v) is 13.8. The van der Waals surface area contributed by atoms with Crippen molar-refractivity contribution < 1.29 is 0 Å². The molecule has 0 bridgehead atoms. The van der Waals surface area contributed by atoms with Crippen LogP contribution in [0.3, 0.4) is 0 Å². The number of rotatable bonds is 4. The average Bonchev–Trinajstić information content (AvgIpc) is 3.10. The smallest absolute Gasteiger partial charge is 0.0235 e. The fourth-order valence-electron chi connectivity index (χ4n) is 4.47. The second-order valence-corrected chi connectivity index (χ2v) is 7.68. The normalized spacial score (nSPS) is 33.0. The van der Waals surface area contributed by atoms with Gasteiger partial charge in [-0.1, -0.05) is 35.2 Å². The van der Waals surface area contributed by atoms with Crippen molar-refractivity contribution in [1.29, 1.82) is 0 Å². The Morgan fingerprint density at radius 1 is 0.947 bits per heavy atom. The molecule has 0 amide bonds. The van der Waals surface area contributed by atoms with E-state index in [0.29, 0.717) is 5.41 Å². The molecule has 1 saturated carbocycles. The van der Waals surface area contributed by atoms with E-state index in [1.807, 2.05) is 0 Å². The highest BCUT2D eigenvalue weighted by molar-refractivity contribution is 9.09. The Bertz CT molecular complexity index is 282. The van der Waals surface area contributed by atoms with Crippen LogP contribution in [0.2, 0.25) is 0 Å². The molecule has 2 aliphatic heterocycles. The Morgan fingerprint density at radius 3 is 2.37 bits per heavy atom. The highest BCUT2D eigenvalue weighted by Crippen LogP contribution is 2.39. The zero-order valence-electron chi connectivity index (χ0n) is 12.2. The summed E-state index contributed by atoms with van der Waals surface area (Å²) in [5, 5.41) is 1.21. The van der Waals surface area contributed by atoms with Gasteiger partial charge in [0.2, 0.25) is 0 Å². The minimum atomic E-state index is 0.595. The van der Waals surface area contributed by atoms with Crippen LogP contribution in [-0.2, 0) is 0 Å². The Morgan fingerprint density at radius 2 is 1.68 bits per heavy atom. The summed E-state index contributed by atoms with van der Waals surface area (Å²) in [6.07, 6.45) is 11.5. The van der Waals surface area contributed by atoms with Crippen LogP contribution < -0.4 is 0 Å². The van der Waals surface area contributed by atoms with Gasteiger partial charge < -0.3 is 4.90 Å². The van der Waals surface area contributed by atoms with Crippen LogP contribution in [0.4, 0.5) is 0 Å². The Labute approximate surface area is 127 Å². The van der Waals surface area contributed by atoms with Crippen LogP contribution in [0.25, 0.3) is 0 Å². The quantitative estimate of drug-likeness (QED) is 0.729. The zero-order chi connectivity index (χ0) is 13.1. The molecule has 0 aromatic carbocycles. The Balaban J connectivity index is 1.52. The molecular weight excluding hydrogens is 300 g/mol. The Kier molecular flexibility index (Phi) is 4.86. The summed E-state index contributed by atoms with van der Waals surface area (Å²) < 4.78 is 0. The molecule has 1 aliphatic carbocycles. The van der Waals surface area contributed by atoms with Gasteiger partial charge in [0.15, 0.2) is 0 Å². The molecule has 2 nitrogen and oxygen atoms in total. The first-order valence-electron chi connectivity index (χ1n) is 8.34. The van der Waals surface area contributed by atoms with Crippen LogP contribution in [0.1, 0.15) is 51.4 Å². The topological polar surface area (TPSA) is 6.48 Å². The predicted molar refractivity (Wildman–Crippen MR) is 85.0 cm³/mol. The number of alkyl halides is 1. The Hall–Kier alpha value is 0.400. The fraction of sp³-hybridized carbons (Fsp3) is 1.00. The van der Waals surface area contributed by atoms with E-state index >= 15 is 0 Å². The van der Waals surface area contributed by atoms with Crippen molar-refractivity contribution in [1.82, 2.24) is 9.80 Å². The fourth-order valence-corrected chi connectivity index (χ4v) is 5.21. The minimum absolute atomic E-state index is 0.595. The number of hydrogen-bond donors (Lipinski definition) is 0. The molecular formula is C16H29BrN2. The summed E-state index contributed by atoms with van der Waals surface area (Å²) in [5.74, 6) is 0. The van der Waals surface area contributed by atoms with Gasteiger partial charge in [0.1, 0.15) is 0 Å². The molecule has 0 spiro atoms. The highest BCUT2D eigenvalue weighted by atomic mass is 79.9. The summed E-state index contributed by atoms with van der Waals surface area (Å²) in [6.45, 7) is 6.76. The first-order chi connectivity index (χ1) is 9.31. The number of likely N-dealkylation sites (tertiary alicyclic amines) is 2. The molecule has 2 saturated heterocycles. The third kappa shape index (κ3) is 3.36. The van der Waals surface area contributed by atoms with Gasteiger partial charge in [-0.05, 0) is 57.2 Å². The van der Waals surface area contributed by atoms with E-state index < -0.39 is 0 Å². The monoisotopic (exact) mass is 328 g/mol. The van der Waals surface area contributed by atoms with Gasteiger partial charge in [0.25, 0.3) is 0 Å². The van der Waals surface area contributed by atoms with E-state index in [1.54, 1.807) is 0 Å². The molecule has 19 heavy (non-hydrogen) atoms. The minimum Gasteiger partial charge on any atom is -0.301 e. The van der Waals surface area contributed by atoms with Gasteiger partial charge in [-0.15, -0.1) is 0 Å². The van der Waals surface area contributed by atoms with Crippen LogP contribution in [0.15, 0.2) is 0 Å². The van der Waals surface area contributed by atoms with E-state index in [4.69, 9.17) is 0 Å². The van der Waals surface area contributed by atoms with Gasteiger partial charge in [0, 0.05) is 24.5 Å². The lowest BCUT2D eigenvalue weighted by Crippen LogP contribution is -2.41. The van der Waals surface area contributed by atoms with E-state index in [0.717, 1.165) is 6.04 Å². The second kappa shape index (κ2) is 6.44. The molecule has 1 unspecified atom stereocenters. The third-order valence-corrected chi connectivity index (χ3v) is 6.85. The average molecular weight is 329 g/mol. The summed E-state index contributed by atoms with van der Waals surface area (Å²) in [7, 11) is 0. The van der Waals surface area contributed by atoms with Gasteiger partial charge in [-0.25, -0.2) is 0 Å². The molecule has 2 heterocycles. The molecule has 0 aromatic heterocycles. The van der Waals surface area contributed by atoms with E-state index in [9.17, 15) is 0 Å². The molecule has 0 N–H and O–H groups in total.